The van der Waals surface area contributed by atoms with E-state index in [-0.39, 0.29) is 0 Å². The van der Waals surface area contributed by atoms with Crippen molar-refractivity contribution < 1.29 is 44.9 Å². The fraction of sp³-hybridized carbons (Fsp3) is 1.00. The first kappa shape index (κ1) is 16.8. The summed E-state index contributed by atoms with van der Waals surface area (Å²) in [7, 11) is 0.958. The van der Waals surface area contributed by atoms with Crippen LogP contribution in [0.4, 0.5) is 35.3 Å². The van der Waals surface area contributed by atoms with Crippen molar-refractivity contribution in [1.82, 2.24) is 0 Å². The lowest BCUT2D eigenvalue weighted by Crippen LogP contribution is -2.34. The third kappa shape index (κ3) is 11.3. The molecule has 0 amide bonds. The van der Waals surface area contributed by atoms with Gasteiger partial charge in [0.25, 0.3) is 0 Å². The quantitative estimate of drug-likeness (QED) is 0.717. The average Bonchev–Trinajstić information content (AvgIpc) is 2.01. The van der Waals surface area contributed by atoms with Gasteiger partial charge in [-0.15, -0.1) is 0 Å². The van der Waals surface area contributed by atoms with Crippen LogP contribution in [0, 0.1) is 0 Å². The molecule has 0 aliphatic rings. The molecule has 0 atom stereocenters. The van der Waals surface area contributed by atoms with E-state index in [2.05, 4.69) is 9.68 Å². The van der Waals surface area contributed by atoms with Crippen molar-refractivity contribution in [2.75, 3.05) is 13.7 Å². The van der Waals surface area contributed by atoms with E-state index >= 15 is 0 Å². The zero-order chi connectivity index (χ0) is 12.7. The molecule has 0 unspecified atom stereocenters. The smallest absolute Gasteiger partial charge is 0.306 e. The maximum Gasteiger partial charge on any atom is 0.416 e. The Morgan fingerprint density at radius 1 is 1.07 bits per heavy atom. The Morgan fingerprint density at radius 2 is 1.40 bits per heavy atom. The topological polar surface area (TPSA) is 18.5 Å². The van der Waals surface area contributed by atoms with Crippen molar-refractivity contribution in [2.45, 2.75) is 18.7 Å². The van der Waals surface area contributed by atoms with Crippen LogP contribution in [0.25, 0.3) is 0 Å². The predicted molar refractivity (Wildman–Crippen MR) is 31.1 cm³/mol. The maximum absolute atomic E-state index is 11.6. The largest absolute Gasteiger partial charge is 0.416 e. The Kier molecular flexibility index (Phi) is 7.58. The fourth-order valence-electron chi connectivity index (χ4n) is 0.241. The Bertz CT molecular complexity index is 156. The molecule has 0 radical (unpaired) electrons. The third-order valence-corrected chi connectivity index (χ3v) is 0.682. The minimum absolute atomic E-state index is 0.958. The van der Waals surface area contributed by atoms with Gasteiger partial charge < -0.3 is 4.74 Å². The predicted octanol–water partition coefficient (Wildman–Crippen LogP) is 2.94. The van der Waals surface area contributed by atoms with Crippen molar-refractivity contribution in [1.29, 1.82) is 0 Å². The second-order valence-electron chi connectivity index (χ2n) is 1.92. The van der Waals surface area contributed by atoms with Crippen molar-refractivity contribution in [3.8, 4) is 0 Å². The number of rotatable bonds is 3. The lowest BCUT2D eigenvalue weighted by Gasteiger charge is -2.16. The Balaban J connectivity index is 0. The minimum Gasteiger partial charge on any atom is -0.306 e. The SMILES string of the molecule is COF.FC(F)C(F)(F)OCC(F)(F)F. The van der Waals surface area contributed by atoms with E-state index in [1.165, 1.54) is 0 Å². The molecule has 0 aromatic rings. The molecular formula is C5H6F8O2. The van der Waals surface area contributed by atoms with Gasteiger partial charge >= 0.3 is 18.7 Å². The lowest BCUT2D eigenvalue weighted by atomic mass is 10.6. The molecule has 0 aromatic carbocycles. The first-order valence-electron chi connectivity index (χ1n) is 3.08. The Labute approximate surface area is 78.7 Å². The molecule has 0 heterocycles. The number of alkyl halides is 7. The summed E-state index contributed by atoms with van der Waals surface area (Å²) in [4.78, 5) is 2.75. The molecule has 0 rings (SSSR count). The molecule has 15 heavy (non-hydrogen) atoms. The lowest BCUT2D eigenvalue weighted by molar-refractivity contribution is -0.330. The number of halogens is 8. The van der Waals surface area contributed by atoms with Gasteiger partial charge in [0, 0.05) is 0 Å². The van der Waals surface area contributed by atoms with Gasteiger partial charge in [-0.25, -0.2) is 8.78 Å². The maximum atomic E-state index is 11.6. The molecule has 0 bridgehead atoms. The highest BCUT2D eigenvalue weighted by molar-refractivity contribution is 4.57. The van der Waals surface area contributed by atoms with E-state index in [0.717, 1.165) is 7.11 Å². The molecule has 0 spiro atoms. The summed E-state index contributed by atoms with van der Waals surface area (Å²) < 4.78 is 91.4. The van der Waals surface area contributed by atoms with Crippen LogP contribution >= 0.6 is 0 Å². The summed E-state index contributed by atoms with van der Waals surface area (Å²) in [5.41, 5.74) is 0. The molecule has 0 aliphatic carbocycles. The summed E-state index contributed by atoms with van der Waals surface area (Å²) in [5, 5.41) is 0. The molecule has 94 valence electrons. The van der Waals surface area contributed by atoms with Gasteiger partial charge in [0.05, 0.1) is 7.11 Å². The fourth-order valence-corrected chi connectivity index (χ4v) is 0.241. The summed E-state index contributed by atoms with van der Waals surface area (Å²) in [5.74, 6) is 0. The van der Waals surface area contributed by atoms with E-state index in [9.17, 15) is 35.3 Å². The number of hydrogen-bond donors (Lipinski definition) is 0. The normalized spacial score (nSPS) is 12.4. The van der Waals surface area contributed by atoms with Crippen LogP contribution in [0.1, 0.15) is 0 Å². The number of ether oxygens (including phenoxy) is 1. The van der Waals surface area contributed by atoms with Crippen LogP contribution in [0.15, 0.2) is 0 Å². The van der Waals surface area contributed by atoms with E-state index < -0.39 is 25.3 Å². The van der Waals surface area contributed by atoms with E-state index in [1.807, 2.05) is 0 Å². The summed E-state index contributed by atoms with van der Waals surface area (Å²) >= 11 is 0. The van der Waals surface area contributed by atoms with Crippen LogP contribution in [-0.2, 0) is 9.68 Å². The summed E-state index contributed by atoms with van der Waals surface area (Å²) in [6, 6.07) is 0. The van der Waals surface area contributed by atoms with Crippen LogP contribution in [0.3, 0.4) is 0 Å². The molecule has 0 saturated heterocycles. The number of hydrogen-bond acceptors (Lipinski definition) is 2. The van der Waals surface area contributed by atoms with Crippen LogP contribution in [-0.4, -0.2) is 32.4 Å². The molecule has 10 heteroatoms. The van der Waals surface area contributed by atoms with E-state index in [1.54, 1.807) is 0 Å². The molecule has 0 aliphatic heterocycles. The zero-order valence-corrected chi connectivity index (χ0v) is 7.12. The second kappa shape index (κ2) is 6.77. The van der Waals surface area contributed by atoms with Gasteiger partial charge in [0.15, 0.2) is 0 Å². The van der Waals surface area contributed by atoms with Crippen LogP contribution in [0.2, 0.25) is 0 Å². The third-order valence-electron chi connectivity index (χ3n) is 0.682. The highest BCUT2D eigenvalue weighted by Crippen LogP contribution is 2.27. The Hall–Kier alpha value is -0.640. The van der Waals surface area contributed by atoms with Crippen molar-refractivity contribution >= 4 is 0 Å². The molecule has 0 N–H and O–H groups in total. The van der Waals surface area contributed by atoms with Crippen molar-refractivity contribution in [3.05, 3.63) is 0 Å². The van der Waals surface area contributed by atoms with Crippen LogP contribution in [0.5, 0.6) is 0 Å². The molecule has 0 aromatic heterocycles. The van der Waals surface area contributed by atoms with Crippen LogP contribution < -0.4 is 0 Å². The summed E-state index contributed by atoms with van der Waals surface area (Å²) in [6.45, 7) is -2.40. The molecule has 0 fully saturated rings. The monoisotopic (exact) mass is 250 g/mol. The first-order chi connectivity index (χ1) is 6.56. The summed E-state index contributed by atoms with van der Waals surface area (Å²) in [6.07, 6.45) is -14.4. The van der Waals surface area contributed by atoms with Gasteiger partial charge in [-0.1, -0.05) is 0 Å². The first-order valence-corrected chi connectivity index (χ1v) is 3.08. The van der Waals surface area contributed by atoms with Crippen molar-refractivity contribution in [2.24, 2.45) is 0 Å². The van der Waals surface area contributed by atoms with Gasteiger partial charge in [0.1, 0.15) is 6.61 Å². The van der Waals surface area contributed by atoms with E-state index in [0.29, 0.717) is 0 Å². The zero-order valence-electron chi connectivity index (χ0n) is 7.12. The van der Waals surface area contributed by atoms with Gasteiger partial charge in [-0.2, -0.15) is 26.9 Å². The van der Waals surface area contributed by atoms with E-state index in [4.69, 9.17) is 0 Å². The highest BCUT2D eigenvalue weighted by Gasteiger charge is 2.45. The molecular weight excluding hydrogens is 244 g/mol. The standard InChI is InChI=1S/C4H3F7O.CH3FO/c5-2(6)4(10,11)12-1-3(7,8)9;1-3-2/h2H,1H2;1H3. The minimum atomic E-state index is -5.05. The second-order valence-corrected chi connectivity index (χ2v) is 1.92. The van der Waals surface area contributed by atoms with Crippen molar-refractivity contribution in [3.63, 3.8) is 0 Å². The average molecular weight is 250 g/mol. The van der Waals surface area contributed by atoms with Gasteiger partial charge in [-0.05, 0) is 4.53 Å². The highest BCUT2D eigenvalue weighted by atomic mass is 19.4. The Morgan fingerprint density at radius 3 is 1.60 bits per heavy atom. The van der Waals surface area contributed by atoms with Gasteiger partial charge in [0.2, 0.25) is 0 Å². The van der Waals surface area contributed by atoms with Gasteiger partial charge in [-0.3, -0.25) is 0 Å². The molecule has 0 saturated carbocycles. The molecule has 2 nitrogen and oxygen atoms in total.